The molecular weight excluding hydrogens is 349 g/mol. The summed E-state index contributed by atoms with van der Waals surface area (Å²) in [5, 5.41) is 3.26. The molecule has 0 aliphatic rings. The summed E-state index contributed by atoms with van der Waals surface area (Å²) in [7, 11) is 0. The van der Waals surface area contributed by atoms with E-state index in [0.29, 0.717) is 10.7 Å². The van der Waals surface area contributed by atoms with Crippen LogP contribution in [0.4, 0.5) is 5.69 Å². The van der Waals surface area contributed by atoms with Crippen molar-refractivity contribution in [2.45, 2.75) is 6.54 Å². The Balaban J connectivity index is 1.88. The van der Waals surface area contributed by atoms with Crippen LogP contribution in [0.1, 0.15) is 16.1 Å². The Morgan fingerprint density at radius 2 is 1.83 bits per heavy atom. The van der Waals surface area contributed by atoms with Gasteiger partial charge in [-0.1, -0.05) is 59.6 Å². The Hall–Kier alpha value is -2.50. The van der Waals surface area contributed by atoms with Crippen molar-refractivity contribution in [2.75, 3.05) is 5.32 Å². The van der Waals surface area contributed by atoms with E-state index < -0.39 is 5.91 Å². The van der Waals surface area contributed by atoms with Crippen LogP contribution in [0.15, 0.2) is 59.5 Å². The number of rotatable bonds is 4. The Morgan fingerprint density at radius 1 is 1.08 bits per heavy atom. The highest BCUT2D eigenvalue weighted by atomic mass is 35.5. The molecule has 0 radical (unpaired) electrons. The quantitative estimate of drug-likeness (QED) is 0.742. The number of nitrogens with one attached hydrogen (secondary N) is 2. The van der Waals surface area contributed by atoms with Crippen molar-refractivity contribution in [1.29, 1.82) is 0 Å². The molecule has 2 aromatic carbocycles. The van der Waals surface area contributed by atoms with Crippen LogP contribution in [0.25, 0.3) is 0 Å². The Kier molecular flexibility index (Phi) is 4.74. The van der Waals surface area contributed by atoms with Gasteiger partial charge in [0.2, 0.25) is 0 Å². The lowest BCUT2D eigenvalue weighted by molar-refractivity contribution is 0.101. The van der Waals surface area contributed by atoms with Gasteiger partial charge in [0.1, 0.15) is 5.69 Å². The lowest BCUT2D eigenvalue weighted by Gasteiger charge is -2.10. The molecule has 7 heteroatoms. The number of imidazole rings is 1. The van der Waals surface area contributed by atoms with Crippen LogP contribution in [0.2, 0.25) is 10.0 Å². The molecule has 0 saturated heterocycles. The highest BCUT2D eigenvalue weighted by molar-refractivity contribution is 6.44. The maximum Gasteiger partial charge on any atom is 0.326 e. The van der Waals surface area contributed by atoms with Crippen molar-refractivity contribution in [3.63, 3.8) is 0 Å². The smallest absolute Gasteiger partial charge is 0.319 e. The first-order valence-corrected chi connectivity index (χ1v) is 7.89. The highest BCUT2D eigenvalue weighted by Crippen LogP contribution is 2.29. The van der Waals surface area contributed by atoms with Gasteiger partial charge < -0.3 is 10.3 Å². The summed E-state index contributed by atoms with van der Waals surface area (Å²) in [6.07, 6.45) is 1.37. The van der Waals surface area contributed by atoms with Crippen molar-refractivity contribution < 1.29 is 4.79 Å². The molecule has 1 heterocycles. The predicted molar refractivity (Wildman–Crippen MR) is 95.0 cm³/mol. The van der Waals surface area contributed by atoms with E-state index in [1.807, 2.05) is 30.3 Å². The number of benzene rings is 2. The van der Waals surface area contributed by atoms with Gasteiger partial charge in [0.15, 0.2) is 0 Å². The van der Waals surface area contributed by atoms with Crippen molar-refractivity contribution in [1.82, 2.24) is 9.55 Å². The Morgan fingerprint density at radius 3 is 2.58 bits per heavy atom. The van der Waals surface area contributed by atoms with Gasteiger partial charge in [0.05, 0.1) is 22.3 Å². The first-order chi connectivity index (χ1) is 11.6. The van der Waals surface area contributed by atoms with E-state index >= 15 is 0 Å². The summed E-state index contributed by atoms with van der Waals surface area (Å²) in [5.41, 5.74) is 1.14. The average molecular weight is 362 g/mol. The molecule has 5 nitrogen and oxygen atoms in total. The van der Waals surface area contributed by atoms with Crippen LogP contribution in [0.5, 0.6) is 0 Å². The van der Waals surface area contributed by atoms with E-state index in [1.54, 1.807) is 18.2 Å². The van der Waals surface area contributed by atoms with E-state index in [4.69, 9.17) is 23.2 Å². The molecule has 0 unspecified atom stereocenters. The number of amides is 1. The number of H-pyrrole nitrogens is 1. The summed E-state index contributed by atoms with van der Waals surface area (Å²) in [5.74, 6) is -0.451. The molecule has 0 saturated carbocycles. The number of hydrogen-bond acceptors (Lipinski definition) is 2. The topological polar surface area (TPSA) is 66.9 Å². The van der Waals surface area contributed by atoms with Gasteiger partial charge in [-0.25, -0.2) is 4.79 Å². The SMILES string of the molecule is O=C(Nc1cccc(Cl)c1Cl)c1c[nH]c(=O)n1Cc1ccccc1. The second-order valence-electron chi connectivity index (χ2n) is 5.11. The van der Waals surface area contributed by atoms with Crippen LogP contribution in [0.3, 0.4) is 0 Å². The minimum Gasteiger partial charge on any atom is -0.319 e. The summed E-state index contributed by atoms with van der Waals surface area (Å²) in [4.78, 5) is 27.0. The maximum absolute atomic E-state index is 12.5. The molecule has 0 atom stereocenters. The normalized spacial score (nSPS) is 10.6. The van der Waals surface area contributed by atoms with Crippen LogP contribution in [-0.4, -0.2) is 15.5 Å². The minimum absolute atomic E-state index is 0.208. The number of aromatic nitrogens is 2. The molecule has 1 amide bonds. The fraction of sp³-hybridized carbons (Fsp3) is 0.0588. The number of anilines is 1. The zero-order chi connectivity index (χ0) is 17.1. The number of aromatic amines is 1. The zero-order valence-electron chi connectivity index (χ0n) is 12.4. The van der Waals surface area contributed by atoms with E-state index in [9.17, 15) is 9.59 Å². The number of nitrogens with zero attached hydrogens (tertiary/aromatic N) is 1. The molecule has 0 aliphatic heterocycles. The van der Waals surface area contributed by atoms with Crippen LogP contribution >= 0.6 is 23.2 Å². The standard InChI is InChI=1S/C17H13Cl2N3O2/c18-12-7-4-8-13(15(12)19)21-16(23)14-9-20-17(24)22(14)10-11-5-2-1-3-6-11/h1-9H,10H2,(H,20,24)(H,21,23). The fourth-order valence-corrected chi connectivity index (χ4v) is 2.64. The second kappa shape index (κ2) is 6.95. The Labute approximate surface area is 147 Å². The molecule has 0 bridgehead atoms. The van der Waals surface area contributed by atoms with Crippen LogP contribution in [-0.2, 0) is 6.54 Å². The van der Waals surface area contributed by atoms with Crippen molar-refractivity contribution in [3.8, 4) is 0 Å². The molecular formula is C17H13Cl2N3O2. The monoisotopic (exact) mass is 361 g/mol. The zero-order valence-corrected chi connectivity index (χ0v) is 13.9. The van der Waals surface area contributed by atoms with Crippen molar-refractivity contribution in [3.05, 3.63) is 86.5 Å². The minimum atomic E-state index is -0.451. The van der Waals surface area contributed by atoms with Gasteiger partial charge in [-0.3, -0.25) is 9.36 Å². The second-order valence-corrected chi connectivity index (χ2v) is 5.89. The summed E-state index contributed by atoms with van der Waals surface area (Å²) in [6, 6.07) is 14.3. The van der Waals surface area contributed by atoms with Gasteiger partial charge in [-0.2, -0.15) is 0 Å². The molecule has 0 spiro atoms. The van der Waals surface area contributed by atoms with E-state index in [2.05, 4.69) is 10.3 Å². The summed E-state index contributed by atoms with van der Waals surface area (Å²) >= 11 is 12.0. The molecule has 122 valence electrons. The third-order valence-electron chi connectivity index (χ3n) is 3.48. The maximum atomic E-state index is 12.5. The predicted octanol–water partition coefficient (Wildman–Crippen LogP) is 3.78. The van der Waals surface area contributed by atoms with Crippen LogP contribution < -0.4 is 11.0 Å². The molecule has 3 rings (SSSR count). The number of halogens is 2. The molecule has 0 fully saturated rings. The summed E-state index contributed by atoms with van der Waals surface area (Å²) in [6.45, 7) is 0.287. The van der Waals surface area contributed by atoms with Gasteiger partial charge in [0, 0.05) is 6.20 Å². The lowest BCUT2D eigenvalue weighted by Crippen LogP contribution is -2.24. The van der Waals surface area contributed by atoms with Gasteiger partial charge >= 0.3 is 5.69 Å². The number of hydrogen-bond donors (Lipinski definition) is 2. The van der Waals surface area contributed by atoms with Gasteiger partial charge in [-0.15, -0.1) is 0 Å². The number of carbonyl (C=O) groups is 1. The van der Waals surface area contributed by atoms with E-state index in [-0.39, 0.29) is 23.0 Å². The average Bonchev–Trinajstić information content (AvgIpc) is 2.94. The third kappa shape index (κ3) is 3.37. The van der Waals surface area contributed by atoms with Gasteiger partial charge in [-0.05, 0) is 17.7 Å². The molecule has 3 aromatic rings. The lowest BCUT2D eigenvalue weighted by atomic mass is 10.2. The van der Waals surface area contributed by atoms with E-state index in [1.165, 1.54) is 10.8 Å². The molecule has 2 N–H and O–H groups in total. The van der Waals surface area contributed by atoms with E-state index in [0.717, 1.165) is 5.56 Å². The number of carbonyl (C=O) groups excluding carboxylic acids is 1. The van der Waals surface area contributed by atoms with Crippen LogP contribution in [0, 0.1) is 0 Å². The summed E-state index contributed by atoms with van der Waals surface area (Å²) < 4.78 is 1.36. The van der Waals surface area contributed by atoms with Crippen molar-refractivity contribution in [2.24, 2.45) is 0 Å². The largest absolute Gasteiger partial charge is 0.326 e. The first-order valence-electron chi connectivity index (χ1n) is 7.14. The molecule has 24 heavy (non-hydrogen) atoms. The first kappa shape index (κ1) is 16.4. The van der Waals surface area contributed by atoms with Gasteiger partial charge in [0.25, 0.3) is 5.91 Å². The Bertz CT molecular complexity index is 933. The molecule has 0 aliphatic carbocycles. The van der Waals surface area contributed by atoms with Crippen molar-refractivity contribution >= 4 is 34.8 Å². The highest BCUT2D eigenvalue weighted by Gasteiger charge is 2.16. The molecule has 1 aromatic heterocycles. The fourth-order valence-electron chi connectivity index (χ4n) is 2.29. The third-order valence-corrected chi connectivity index (χ3v) is 4.30.